The molecule has 0 radical (unpaired) electrons. The number of hydrogen-bond acceptors (Lipinski definition) is 3. The van der Waals surface area contributed by atoms with Gasteiger partial charge < -0.3 is 5.32 Å². The topological polar surface area (TPSA) is 75.3 Å². The summed E-state index contributed by atoms with van der Waals surface area (Å²) in [5, 5.41) is 2.69. The van der Waals surface area contributed by atoms with Crippen LogP contribution in [0.3, 0.4) is 0 Å². The van der Waals surface area contributed by atoms with Gasteiger partial charge in [-0.2, -0.15) is 0 Å². The van der Waals surface area contributed by atoms with Crippen molar-refractivity contribution < 1.29 is 22.0 Å². The Balaban J connectivity index is 1.80. The summed E-state index contributed by atoms with van der Waals surface area (Å²) in [5.41, 5.74) is 0.596. The van der Waals surface area contributed by atoms with Gasteiger partial charge in [0, 0.05) is 17.7 Å². The van der Waals surface area contributed by atoms with Crippen LogP contribution >= 0.6 is 0 Å². The SMILES string of the molecule is O=C(Nc1cccc(NS(=O)(=O)c2ccc(F)cc2F)c1)C1CC1. The molecule has 126 valence electrons. The molecule has 0 aromatic heterocycles. The summed E-state index contributed by atoms with van der Waals surface area (Å²) in [7, 11) is -4.21. The van der Waals surface area contributed by atoms with E-state index in [1.165, 1.54) is 12.1 Å². The van der Waals surface area contributed by atoms with E-state index in [1.807, 2.05) is 0 Å². The second-order valence-electron chi connectivity index (χ2n) is 5.52. The summed E-state index contributed by atoms with van der Waals surface area (Å²) < 4.78 is 53.3. The first-order valence-electron chi connectivity index (χ1n) is 7.24. The lowest BCUT2D eigenvalue weighted by atomic mass is 10.2. The summed E-state index contributed by atoms with van der Waals surface area (Å²) in [6.07, 6.45) is 1.70. The van der Waals surface area contributed by atoms with Crippen molar-refractivity contribution in [2.24, 2.45) is 5.92 Å². The number of anilines is 2. The molecular weight excluding hydrogens is 338 g/mol. The predicted octanol–water partition coefficient (Wildman–Crippen LogP) is 3.11. The van der Waals surface area contributed by atoms with Crippen LogP contribution in [0.1, 0.15) is 12.8 Å². The number of carbonyl (C=O) groups excluding carboxylic acids is 1. The molecule has 0 aliphatic heterocycles. The van der Waals surface area contributed by atoms with E-state index in [0.717, 1.165) is 25.0 Å². The second-order valence-corrected chi connectivity index (χ2v) is 7.18. The first-order chi connectivity index (χ1) is 11.3. The number of sulfonamides is 1. The fourth-order valence-electron chi connectivity index (χ4n) is 2.15. The van der Waals surface area contributed by atoms with Crippen LogP contribution < -0.4 is 10.0 Å². The molecule has 2 aromatic carbocycles. The Bertz CT molecular complexity index is 896. The zero-order chi connectivity index (χ0) is 17.3. The van der Waals surface area contributed by atoms with E-state index >= 15 is 0 Å². The second kappa shape index (κ2) is 6.20. The quantitative estimate of drug-likeness (QED) is 0.868. The molecule has 0 atom stereocenters. The van der Waals surface area contributed by atoms with Gasteiger partial charge in [-0.15, -0.1) is 0 Å². The molecule has 3 rings (SSSR count). The molecule has 0 spiro atoms. The Labute approximate surface area is 137 Å². The molecule has 5 nitrogen and oxygen atoms in total. The Morgan fingerprint density at radius 1 is 1.04 bits per heavy atom. The van der Waals surface area contributed by atoms with Crippen molar-refractivity contribution in [1.82, 2.24) is 0 Å². The van der Waals surface area contributed by atoms with Crippen LogP contribution in [0.4, 0.5) is 20.2 Å². The van der Waals surface area contributed by atoms with Gasteiger partial charge in [0.2, 0.25) is 5.91 Å². The van der Waals surface area contributed by atoms with Crippen molar-refractivity contribution in [3.05, 3.63) is 54.1 Å². The van der Waals surface area contributed by atoms with Gasteiger partial charge in [0.1, 0.15) is 16.5 Å². The lowest BCUT2D eigenvalue weighted by Crippen LogP contribution is -2.16. The minimum Gasteiger partial charge on any atom is -0.326 e. The van der Waals surface area contributed by atoms with Crippen LogP contribution in [-0.4, -0.2) is 14.3 Å². The first-order valence-corrected chi connectivity index (χ1v) is 8.72. The highest BCUT2D eigenvalue weighted by Crippen LogP contribution is 2.30. The van der Waals surface area contributed by atoms with E-state index in [1.54, 1.807) is 12.1 Å². The van der Waals surface area contributed by atoms with Gasteiger partial charge in [-0.3, -0.25) is 9.52 Å². The van der Waals surface area contributed by atoms with Crippen molar-refractivity contribution in [1.29, 1.82) is 0 Å². The number of amides is 1. The molecule has 24 heavy (non-hydrogen) atoms. The standard InChI is InChI=1S/C16H14F2N2O3S/c17-11-6-7-15(14(18)8-11)24(22,23)20-13-3-1-2-12(9-13)19-16(21)10-4-5-10/h1-3,6-10,20H,4-5H2,(H,19,21). The average Bonchev–Trinajstić information content (AvgIpc) is 3.31. The molecule has 1 amide bonds. The maximum atomic E-state index is 13.7. The Hall–Kier alpha value is -2.48. The third-order valence-corrected chi connectivity index (χ3v) is 4.93. The van der Waals surface area contributed by atoms with Gasteiger partial charge >= 0.3 is 0 Å². The van der Waals surface area contributed by atoms with Gasteiger partial charge in [-0.1, -0.05) is 6.07 Å². The first kappa shape index (κ1) is 16.4. The van der Waals surface area contributed by atoms with Gasteiger partial charge in [0.05, 0.1) is 5.69 Å². The van der Waals surface area contributed by atoms with E-state index in [9.17, 15) is 22.0 Å². The maximum absolute atomic E-state index is 13.7. The molecule has 1 saturated carbocycles. The lowest BCUT2D eigenvalue weighted by Gasteiger charge is -2.11. The minimum atomic E-state index is -4.21. The number of halogens is 2. The largest absolute Gasteiger partial charge is 0.326 e. The fraction of sp³-hybridized carbons (Fsp3) is 0.188. The number of benzene rings is 2. The molecule has 0 saturated heterocycles. The molecular formula is C16H14F2N2O3S. The highest BCUT2D eigenvalue weighted by molar-refractivity contribution is 7.92. The van der Waals surface area contributed by atoms with Crippen molar-refractivity contribution in [3.63, 3.8) is 0 Å². The summed E-state index contributed by atoms with van der Waals surface area (Å²) in [6, 6.07) is 8.29. The molecule has 2 N–H and O–H groups in total. The Morgan fingerprint density at radius 2 is 1.75 bits per heavy atom. The molecule has 1 aliphatic rings. The molecule has 0 bridgehead atoms. The average molecular weight is 352 g/mol. The molecule has 0 heterocycles. The number of rotatable bonds is 5. The van der Waals surface area contributed by atoms with Gasteiger partial charge in [-0.25, -0.2) is 17.2 Å². The van der Waals surface area contributed by atoms with Crippen LogP contribution in [0.2, 0.25) is 0 Å². The van der Waals surface area contributed by atoms with Crippen LogP contribution in [-0.2, 0) is 14.8 Å². The van der Waals surface area contributed by atoms with Gasteiger partial charge in [-0.05, 0) is 43.2 Å². The van der Waals surface area contributed by atoms with Gasteiger partial charge in [0.25, 0.3) is 10.0 Å². The molecule has 2 aromatic rings. The summed E-state index contributed by atoms with van der Waals surface area (Å²) in [4.78, 5) is 11.1. The van der Waals surface area contributed by atoms with Crippen molar-refractivity contribution in [2.45, 2.75) is 17.7 Å². The highest BCUT2D eigenvalue weighted by Gasteiger charge is 2.29. The monoisotopic (exact) mass is 352 g/mol. The highest BCUT2D eigenvalue weighted by atomic mass is 32.2. The van der Waals surface area contributed by atoms with Gasteiger partial charge in [0.15, 0.2) is 0 Å². The van der Waals surface area contributed by atoms with E-state index in [2.05, 4.69) is 10.0 Å². The molecule has 0 unspecified atom stereocenters. The fourth-order valence-corrected chi connectivity index (χ4v) is 3.26. The maximum Gasteiger partial charge on any atom is 0.264 e. The van der Waals surface area contributed by atoms with E-state index in [4.69, 9.17) is 0 Å². The molecule has 1 aliphatic carbocycles. The minimum absolute atomic E-state index is 0.0126. The number of carbonyl (C=O) groups is 1. The smallest absolute Gasteiger partial charge is 0.264 e. The third kappa shape index (κ3) is 3.70. The van der Waals surface area contributed by atoms with Crippen LogP contribution in [0.25, 0.3) is 0 Å². The Kier molecular flexibility index (Phi) is 4.23. The number of nitrogens with one attached hydrogen (secondary N) is 2. The summed E-state index contributed by atoms with van der Waals surface area (Å²) >= 11 is 0. The summed E-state index contributed by atoms with van der Waals surface area (Å²) in [5.74, 6) is -2.14. The van der Waals surface area contributed by atoms with Crippen LogP contribution in [0.15, 0.2) is 47.4 Å². The molecule has 1 fully saturated rings. The van der Waals surface area contributed by atoms with Crippen molar-refractivity contribution >= 4 is 27.3 Å². The van der Waals surface area contributed by atoms with Crippen molar-refractivity contribution in [3.8, 4) is 0 Å². The van der Waals surface area contributed by atoms with Crippen molar-refractivity contribution in [2.75, 3.05) is 10.0 Å². The Morgan fingerprint density at radius 3 is 2.42 bits per heavy atom. The number of hydrogen-bond donors (Lipinski definition) is 2. The van der Waals surface area contributed by atoms with Crippen LogP contribution in [0.5, 0.6) is 0 Å². The zero-order valence-electron chi connectivity index (χ0n) is 12.4. The predicted molar refractivity (Wildman–Crippen MR) is 85.0 cm³/mol. The van der Waals surface area contributed by atoms with E-state index in [-0.39, 0.29) is 17.5 Å². The lowest BCUT2D eigenvalue weighted by molar-refractivity contribution is -0.117. The van der Waals surface area contributed by atoms with Crippen LogP contribution in [0, 0.1) is 17.6 Å². The molecule has 8 heteroatoms. The van der Waals surface area contributed by atoms with E-state index in [0.29, 0.717) is 11.8 Å². The summed E-state index contributed by atoms with van der Waals surface area (Å²) in [6.45, 7) is 0. The third-order valence-electron chi connectivity index (χ3n) is 3.51. The normalized spacial score (nSPS) is 14.2. The van der Waals surface area contributed by atoms with E-state index < -0.39 is 26.6 Å². The zero-order valence-corrected chi connectivity index (χ0v) is 13.2.